The number of carbonyl (C=O) groups is 1. The fraction of sp³-hybridized carbons (Fsp3) is 0. The lowest BCUT2D eigenvalue weighted by Gasteiger charge is -1.94. The molecule has 2 rings (SSSR count). The number of thiol groups is 1. The molecule has 60 valence electrons. The first-order chi connectivity index (χ1) is 5.79. The minimum absolute atomic E-state index is 0.316. The van der Waals surface area contributed by atoms with Gasteiger partial charge in [0.25, 0.3) is 5.24 Å². The number of fused-ring (bicyclic) bond motifs is 1. The fourth-order valence-corrected chi connectivity index (χ4v) is 1.27. The Kier molecular flexibility index (Phi) is 1.62. The van der Waals surface area contributed by atoms with Crippen LogP contribution in [0.3, 0.4) is 0 Å². The highest BCUT2D eigenvalue weighted by Crippen LogP contribution is 2.12. The monoisotopic (exact) mass is 178 g/mol. The third kappa shape index (κ3) is 1.00. The molecule has 3 nitrogen and oxygen atoms in total. The van der Waals surface area contributed by atoms with Gasteiger partial charge < -0.3 is 0 Å². The first kappa shape index (κ1) is 7.36. The Labute approximate surface area is 74.4 Å². The molecule has 12 heavy (non-hydrogen) atoms. The van der Waals surface area contributed by atoms with Crippen molar-refractivity contribution in [3.63, 3.8) is 0 Å². The molecule has 0 saturated heterocycles. The summed E-state index contributed by atoms with van der Waals surface area (Å²) in [4.78, 5) is 14.9. The number of rotatable bonds is 0. The molecule has 0 atom stereocenters. The van der Waals surface area contributed by atoms with E-state index in [9.17, 15) is 4.79 Å². The molecule has 0 radical (unpaired) electrons. The van der Waals surface area contributed by atoms with Crippen molar-refractivity contribution in [1.82, 2.24) is 9.55 Å². The first-order valence-corrected chi connectivity index (χ1v) is 3.89. The quantitative estimate of drug-likeness (QED) is 0.625. The van der Waals surface area contributed by atoms with Crippen LogP contribution in [-0.2, 0) is 0 Å². The summed E-state index contributed by atoms with van der Waals surface area (Å²) in [6.45, 7) is 0. The maximum Gasteiger partial charge on any atom is 0.288 e. The maximum atomic E-state index is 10.9. The summed E-state index contributed by atoms with van der Waals surface area (Å²) in [6, 6.07) is 7.42. The van der Waals surface area contributed by atoms with Gasteiger partial charge in [0.05, 0.1) is 11.0 Å². The Balaban J connectivity index is 2.79. The summed E-state index contributed by atoms with van der Waals surface area (Å²) in [5, 5.41) is -0.316. The highest BCUT2D eigenvalue weighted by atomic mass is 32.1. The van der Waals surface area contributed by atoms with Crippen LogP contribution in [0.4, 0.5) is 4.79 Å². The van der Waals surface area contributed by atoms with Gasteiger partial charge in [-0.2, -0.15) is 0 Å². The molecule has 0 N–H and O–H groups in total. The molecule has 2 aromatic rings. The van der Waals surface area contributed by atoms with E-state index in [0.29, 0.717) is 0 Å². The van der Waals surface area contributed by atoms with E-state index < -0.39 is 0 Å². The van der Waals surface area contributed by atoms with Crippen LogP contribution in [0.1, 0.15) is 0 Å². The second kappa shape index (κ2) is 2.64. The van der Waals surface area contributed by atoms with Crippen LogP contribution in [0, 0.1) is 0 Å². The minimum atomic E-state index is -0.316. The minimum Gasteiger partial charge on any atom is -0.261 e. The number of hydrogen-bond acceptors (Lipinski definition) is 2. The smallest absolute Gasteiger partial charge is 0.261 e. The van der Waals surface area contributed by atoms with Crippen molar-refractivity contribution in [3.05, 3.63) is 30.6 Å². The van der Waals surface area contributed by atoms with E-state index in [4.69, 9.17) is 0 Å². The van der Waals surface area contributed by atoms with Crippen molar-refractivity contribution >= 4 is 28.9 Å². The zero-order valence-electron chi connectivity index (χ0n) is 6.14. The molecule has 0 amide bonds. The van der Waals surface area contributed by atoms with Crippen LogP contribution in [-0.4, -0.2) is 14.8 Å². The number of nitrogens with zero attached hydrogens (tertiary/aromatic N) is 2. The number of imidazole rings is 1. The molecule has 0 aliphatic carbocycles. The number of benzene rings is 1. The van der Waals surface area contributed by atoms with Crippen LogP contribution < -0.4 is 0 Å². The summed E-state index contributed by atoms with van der Waals surface area (Å²) in [7, 11) is 0. The maximum absolute atomic E-state index is 10.9. The van der Waals surface area contributed by atoms with E-state index in [0.717, 1.165) is 11.0 Å². The number of hydrogen-bond donors (Lipinski definition) is 1. The normalized spacial score (nSPS) is 10.4. The standard InChI is InChI=1S/C8H6N2OS/c11-8(12)10-5-9-6-3-1-2-4-7(6)10/h1-5H,(H,11,12). The van der Waals surface area contributed by atoms with Gasteiger partial charge >= 0.3 is 0 Å². The molecule has 0 fully saturated rings. The molecule has 1 heterocycles. The molecular formula is C8H6N2OS. The van der Waals surface area contributed by atoms with E-state index in [1.165, 1.54) is 10.9 Å². The molecule has 0 unspecified atom stereocenters. The molecule has 0 aliphatic heterocycles. The Morgan fingerprint density at radius 1 is 1.42 bits per heavy atom. The number of carbonyl (C=O) groups excluding carboxylic acids is 1. The average Bonchev–Trinajstić information content (AvgIpc) is 2.47. The lowest BCUT2D eigenvalue weighted by atomic mass is 10.3. The van der Waals surface area contributed by atoms with Crippen molar-refractivity contribution in [3.8, 4) is 0 Å². The summed E-state index contributed by atoms with van der Waals surface area (Å²) in [5.41, 5.74) is 1.59. The van der Waals surface area contributed by atoms with Gasteiger partial charge in [-0.3, -0.25) is 9.36 Å². The summed E-state index contributed by atoms with van der Waals surface area (Å²) >= 11 is 3.71. The predicted octanol–water partition coefficient (Wildman–Crippen LogP) is 1.93. The van der Waals surface area contributed by atoms with Crippen LogP contribution in [0.2, 0.25) is 0 Å². The topological polar surface area (TPSA) is 34.9 Å². The van der Waals surface area contributed by atoms with E-state index >= 15 is 0 Å². The van der Waals surface area contributed by atoms with Crippen LogP contribution >= 0.6 is 12.6 Å². The molecule has 0 bridgehead atoms. The Bertz CT molecular complexity index is 435. The van der Waals surface area contributed by atoms with Crippen molar-refractivity contribution in [2.45, 2.75) is 0 Å². The van der Waals surface area contributed by atoms with Crippen molar-refractivity contribution in [2.75, 3.05) is 0 Å². The van der Waals surface area contributed by atoms with Crippen LogP contribution in [0.25, 0.3) is 11.0 Å². The molecule has 1 aromatic heterocycles. The first-order valence-electron chi connectivity index (χ1n) is 3.44. The highest BCUT2D eigenvalue weighted by molar-refractivity contribution is 7.96. The number of para-hydroxylation sites is 2. The lowest BCUT2D eigenvalue weighted by molar-refractivity contribution is 0.263. The van der Waals surface area contributed by atoms with Crippen molar-refractivity contribution in [1.29, 1.82) is 0 Å². The fourth-order valence-electron chi connectivity index (χ4n) is 1.11. The summed E-state index contributed by atoms with van der Waals surface area (Å²) < 4.78 is 1.40. The number of aromatic nitrogens is 2. The SMILES string of the molecule is O=C(S)n1cnc2ccccc21. The molecular weight excluding hydrogens is 172 g/mol. The molecule has 4 heteroatoms. The highest BCUT2D eigenvalue weighted by Gasteiger charge is 2.03. The third-order valence-corrected chi connectivity index (χ3v) is 1.88. The van der Waals surface area contributed by atoms with E-state index in [1.54, 1.807) is 0 Å². The van der Waals surface area contributed by atoms with Crippen molar-refractivity contribution in [2.24, 2.45) is 0 Å². The van der Waals surface area contributed by atoms with Crippen LogP contribution in [0.5, 0.6) is 0 Å². The van der Waals surface area contributed by atoms with Crippen LogP contribution in [0.15, 0.2) is 30.6 Å². The van der Waals surface area contributed by atoms with Gasteiger partial charge in [-0.15, -0.1) is 0 Å². The lowest BCUT2D eigenvalue weighted by Crippen LogP contribution is -1.98. The zero-order chi connectivity index (χ0) is 8.55. The van der Waals surface area contributed by atoms with E-state index in [2.05, 4.69) is 17.6 Å². The zero-order valence-corrected chi connectivity index (χ0v) is 7.03. The molecule has 0 aliphatic rings. The Hall–Kier alpha value is -1.29. The largest absolute Gasteiger partial charge is 0.288 e. The van der Waals surface area contributed by atoms with Gasteiger partial charge in [0, 0.05) is 0 Å². The molecule has 0 saturated carbocycles. The second-order valence-electron chi connectivity index (χ2n) is 2.39. The van der Waals surface area contributed by atoms with Gasteiger partial charge in [-0.25, -0.2) is 4.98 Å². The molecule has 0 spiro atoms. The van der Waals surface area contributed by atoms with Gasteiger partial charge in [0.1, 0.15) is 6.33 Å². The summed E-state index contributed by atoms with van der Waals surface area (Å²) in [6.07, 6.45) is 1.47. The van der Waals surface area contributed by atoms with E-state index in [1.807, 2.05) is 24.3 Å². The second-order valence-corrected chi connectivity index (χ2v) is 2.77. The van der Waals surface area contributed by atoms with E-state index in [-0.39, 0.29) is 5.24 Å². The predicted molar refractivity (Wildman–Crippen MR) is 49.5 cm³/mol. The van der Waals surface area contributed by atoms with Gasteiger partial charge in [-0.05, 0) is 12.1 Å². The van der Waals surface area contributed by atoms with Gasteiger partial charge in [0.15, 0.2) is 0 Å². The third-order valence-electron chi connectivity index (χ3n) is 1.66. The summed E-state index contributed by atoms with van der Waals surface area (Å²) in [5.74, 6) is 0. The Morgan fingerprint density at radius 2 is 2.17 bits per heavy atom. The van der Waals surface area contributed by atoms with Gasteiger partial charge in [0.2, 0.25) is 0 Å². The average molecular weight is 178 g/mol. The van der Waals surface area contributed by atoms with Gasteiger partial charge in [-0.1, -0.05) is 24.8 Å². The Morgan fingerprint density at radius 3 is 2.92 bits per heavy atom. The molecule has 1 aromatic carbocycles. The van der Waals surface area contributed by atoms with Crippen molar-refractivity contribution < 1.29 is 4.79 Å².